The first-order valence-corrected chi connectivity index (χ1v) is 6.95. The molecule has 0 aliphatic carbocycles. The van der Waals surface area contributed by atoms with E-state index in [0.29, 0.717) is 6.04 Å². The van der Waals surface area contributed by atoms with E-state index in [4.69, 9.17) is 4.74 Å². The molecule has 2 fully saturated rings. The zero-order valence-corrected chi connectivity index (χ0v) is 11.3. The van der Waals surface area contributed by atoms with Crippen molar-refractivity contribution in [3.05, 3.63) is 0 Å². The second kappa shape index (κ2) is 6.69. The molecule has 1 atom stereocenters. The predicted octanol–water partition coefficient (Wildman–Crippen LogP) is 0.391. The molecule has 2 aliphatic rings. The number of ether oxygens (including phenoxy) is 1. The molecule has 1 N–H and O–H groups in total. The largest absolute Gasteiger partial charge is 0.379 e. The van der Waals surface area contributed by atoms with Crippen molar-refractivity contribution >= 4 is 0 Å². The first kappa shape index (κ1) is 13.3. The minimum absolute atomic E-state index is 0.579. The molecule has 4 heteroatoms. The van der Waals surface area contributed by atoms with Crippen molar-refractivity contribution in [2.24, 2.45) is 0 Å². The third-order valence-electron chi connectivity index (χ3n) is 4.08. The van der Waals surface area contributed by atoms with Gasteiger partial charge in [-0.05, 0) is 53.0 Å². The van der Waals surface area contributed by atoms with Gasteiger partial charge in [0, 0.05) is 18.6 Å². The topological polar surface area (TPSA) is 27.7 Å². The third-order valence-corrected chi connectivity index (χ3v) is 4.08. The number of hydrogen-bond acceptors (Lipinski definition) is 4. The molecule has 0 radical (unpaired) electrons. The molecule has 1 unspecified atom stereocenters. The van der Waals surface area contributed by atoms with E-state index >= 15 is 0 Å². The van der Waals surface area contributed by atoms with Crippen LogP contribution in [-0.4, -0.2) is 75.4 Å². The van der Waals surface area contributed by atoms with Gasteiger partial charge in [-0.25, -0.2) is 0 Å². The lowest BCUT2D eigenvalue weighted by molar-refractivity contribution is 0.0664. The molecule has 0 aromatic heterocycles. The fourth-order valence-corrected chi connectivity index (χ4v) is 2.80. The lowest BCUT2D eigenvalue weighted by Gasteiger charge is -2.36. The highest BCUT2D eigenvalue weighted by Gasteiger charge is 2.21. The van der Waals surface area contributed by atoms with Crippen molar-refractivity contribution in [3.63, 3.8) is 0 Å². The van der Waals surface area contributed by atoms with Crippen LogP contribution in [0.4, 0.5) is 0 Å². The Balaban J connectivity index is 1.61. The normalized spacial score (nSPS) is 28.8. The van der Waals surface area contributed by atoms with E-state index in [9.17, 15) is 0 Å². The van der Waals surface area contributed by atoms with Crippen LogP contribution in [0, 0.1) is 0 Å². The van der Waals surface area contributed by atoms with Gasteiger partial charge in [-0.15, -0.1) is 0 Å². The van der Waals surface area contributed by atoms with Gasteiger partial charge in [0.2, 0.25) is 0 Å². The SMILES string of the molecule is CN(C)C1CCN(CCC2COCCN2)CC1. The van der Waals surface area contributed by atoms with E-state index in [1.54, 1.807) is 0 Å². The van der Waals surface area contributed by atoms with Gasteiger partial charge in [-0.2, -0.15) is 0 Å². The summed E-state index contributed by atoms with van der Waals surface area (Å²) in [6.45, 7) is 6.54. The second-order valence-electron chi connectivity index (χ2n) is 5.55. The van der Waals surface area contributed by atoms with Crippen LogP contribution in [0.25, 0.3) is 0 Å². The van der Waals surface area contributed by atoms with Gasteiger partial charge in [-0.3, -0.25) is 0 Å². The van der Waals surface area contributed by atoms with Gasteiger partial charge in [0.05, 0.1) is 13.2 Å². The van der Waals surface area contributed by atoms with Gasteiger partial charge in [0.25, 0.3) is 0 Å². The van der Waals surface area contributed by atoms with E-state index in [0.717, 1.165) is 25.8 Å². The zero-order chi connectivity index (χ0) is 12.1. The van der Waals surface area contributed by atoms with E-state index in [2.05, 4.69) is 29.2 Å². The van der Waals surface area contributed by atoms with Crippen molar-refractivity contribution < 1.29 is 4.74 Å². The van der Waals surface area contributed by atoms with Crippen molar-refractivity contribution in [2.45, 2.75) is 31.3 Å². The van der Waals surface area contributed by atoms with E-state index in [1.165, 1.54) is 38.9 Å². The van der Waals surface area contributed by atoms with Crippen molar-refractivity contribution in [3.8, 4) is 0 Å². The van der Waals surface area contributed by atoms with Crippen LogP contribution in [0.15, 0.2) is 0 Å². The maximum absolute atomic E-state index is 5.48. The summed E-state index contributed by atoms with van der Waals surface area (Å²) in [7, 11) is 4.40. The average Bonchev–Trinajstić information content (AvgIpc) is 2.38. The molecule has 0 bridgehead atoms. The zero-order valence-electron chi connectivity index (χ0n) is 11.3. The van der Waals surface area contributed by atoms with Gasteiger partial charge < -0.3 is 19.9 Å². The maximum atomic E-state index is 5.48. The number of nitrogens with one attached hydrogen (secondary N) is 1. The molecule has 100 valence electrons. The Morgan fingerprint density at radius 3 is 2.65 bits per heavy atom. The highest BCUT2D eigenvalue weighted by atomic mass is 16.5. The molecule has 0 aromatic carbocycles. The third kappa shape index (κ3) is 4.21. The fraction of sp³-hybridized carbons (Fsp3) is 1.00. The lowest BCUT2D eigenvalue weighted by atomic mass is 10.0. The molecule has 2 heterocycles. The fourth-order valence-electron chi connectivity index (χ4n) is 2.80. The molecule has 0 spiro atoms. The smallest absolute Gasteiger partial charge is 0.0620 e. The van der Waals surface area contributed by atoms with Crippen LogP contribution >= 0.6 is 0 Å². The van der Waals surface area contributed by atoms with Crippen LogP contribution in [-0.2, 0) is 4.74 Å². The summed E-state index contributed by atoms with van der Waals surface area (Å²) in [6, 6.07) is 1.37. The molecule has 0 aromatic rings. The van der Waals surface area contributed by atoms with Gasteiger partial charge >= 0.3 is 0 Å². The van der Waals surface area contributed by atoms with Crippen LogP contribution in [0.5, 0.6) is 0 Å². The minimum Gasteiger partial charge on any atom is -0.379 e. The van der Waals surface area contributed by atoms with Gasteiger partial charge in [0.1, 0.15) is 0 Å². The number of piperidine rings is 1. The molecule has 0 amide bonds. The highest BCUT2D eigenvalue weighted by molar-refractivity contribution is 4.78. The summed E-state index contributed by atoms with van der Waals surface area (Å²) in [5.74, 6) is 0. The maximum Gasteiger partial charge on any atom is 0.0620 e. The summed E-state index contributed by atoms with van der Waals surface area (Å²) in [6.07, 6.45) is 3.87. The molecule has 4 nitrogen and oxygen atoms in total. The van der Waals surface area contributed by atoms with Crippen LogP contribution in [0.3, 0.4) is 0 Å². The Morgan fingerprint density at radius 1 is 1.29 bits per heavy atom. The summed E-state index contributed by atoms with van der Waals surface area (Å²) < 4.78 is 5.48. The van der Waals surface area contributed by atoms with Crippen molar-refractivity contribution in [2.75, 3.05) is 53.5 Å². The molecular weight excluding hydrogens is 214 g/mol. The molecular formula is C13H27N3O. The van der Waals surface area contributed by atoms with E-state index in [1.807, 2.05) is 0 Å². The van der Waals surface area contributed by atoms with Gasteiger partial charge in [-0.1, -0.05) is 0 Å². The predicted molar refractivity (Wildman–Crippen MR) is 70.4 cm³/mol. The number of morpholine rings is 1. The number of hydrogen-bond donors (Lipinski definition) is 1. The molecule has 17 heavy (non-hydrogen) atoms. The summed E-state index contributed by atoms with van der Waals surface area (Å²) in [4.78, 5) is 4.98. The average molecular weight is 241 g/mol. The standard InChI is InChI=1S/C13H27N3O/c1-15(2)13-4-8-16(9-5-13)7-3-12-11-17-10-6-14-12/h12-14H,3-11H2,1-2H3. The Hall–Kier alpha value is -0.160. The van der Waals surface area contributed by atoms with Gasteiger partial charge in [0.15, 0.2) is 0 Å². The monoisotopic (exact) mass is 241 g/mol. The quantitative estimate of drug-likeness (QED) is 0.771. The molecule has 2 saturated heterocycles. The summed E-state index contributed by atoms with van der Waals surface area (Å²) in [5.41, 5.74) is 0. The summed E-state index contributed by atoms with van der Waals surface area (Å²) >= 11 is 0. The Morgan fingerprint density at radius 2 is 2.06 bits per heavy atom. The van der Waals surface area contributed by atoms with Crippen LogP contribution < -0.4 is 5.32 Å². The summed E-state index contributed by atoms with van der Waals surface area (Å²) in [5, 5.41) is 3.53. The van der Waals surface area contributed by atoms with E-state index < -0.39 is 0 Å². The Kier molecular flexibility index (Phi) is 5.22. The van der Waals surface area contributed by atoms with Crippen molar-refractivity contribution in [1.29, 1.82) is 0 Å². The number of nitrogens with zero attached hydrogens (tertiary/aromatic N) is 2. The van der Waals surface area contributed by atoms with Crippen molar-refractivity contribution in [1.82, 2.24) is 15.1 Å². The van der Waals surface area contributed by atoms with Crippen LogP contribution in [0.1, 0.15) is 19.3 Å². The number of likely N-dealkylation sites (tertiary alicyclic amines) is 1. The highest BCUT2D eigenvalue weighted by Crippen LogP contribution is 2.14. The lowest BCUT2D eigenvalue weighted by Crippen LogP contribution is -2.46. The van der Waals surface area contributed by atoms with E-state index in [-0.39, 0.29) is 0 Å². The first-order chi connectivity index (χ1) is 8.25. The Labute approximate surface area is 105 Å². The molecule has 2 aliphatic heterocycles. The Bertz CT molecular complexity index is 209. The molecule has 2 rings (SSSR count). The second-order valence-corrected chi connectivity index (χ2v) is 5.55. The minimum atomic E-state index is 0.579. The van der Waals surface area contributed by atoms with Crippen LogP contribution in [0.2, 0.25) is 0 Å². The number of rotatable bonds is 4. The first-order valence-electron chi connectivity index (χ1n) is 6.95. The molecule has 0 saturated carbocycles.